The number of aromatic nitrogens is 2. The Morgan fingerprint density at radius 2 is 1.86 bits per heavy atom. The molecule has 0 fully saturated rings. The maximum absolute atomic E-state index is 5.87. The Morgan fingerprint density at radius 3 is 2.52 bits per heavy atom. The van der Waals surface area contributed by atoms with E-state index in [1.807, 2.05) is 67.9 Å². The number of fused-ring (bicyclic) bond motifs is 1. The minimum atomic E-state index is 0.177. The molecule has 0 aliphatic carbocycles. The molecule has 3 rings (SSSR count). The van der Waals surface area contributed by atoms with Crippen LogP contribution in [-0.2, 0) is 0 Å². The van der Waals surface area contributed by atoms with Gasteiger partial charge in [-0.3, -0.25) is 0 Å². The lowest BCUT2D eigenvalue weighted by molar-refractivity contribution is 0.242. The Balaban J connectivity index is 1.98. The van der Waals surface area contributed by atoms with Crippen molar-refractivity contribution in [2.75, 3.05) is 5.73 Å². The van der Waals surface area contributed by atoms with E-state index in [9.17, 15) is 0 Å². The molecular weight excluding hydrogens is 262 g/mol. The Morgan fingerprint density at radius 1 is 1.14 bits per heavy atom. The highest BCUT2D eigenvalue weighted by Gasteiger charge is 2.07. The van der Waals surface area contributed by atoms with Gasteiger partial charge in [0.2, 0.25) is 0 Å². The predicted octanol–water partition coefficient (Wildman–Crippen LogP) is 3.68. The summed E-state index contributed by atoms with van der Waals surface area (Å²) in [7, 11) is 0. The van der Waals surface area contributed by atoms with Crippen molar-refractivity contribution in [2.45, 2.75) is 26.9 Å². The summed E-state index contributed by atoms with van der Waals surface area (Å²) in [6.45, 7) is 6.05. The third-order valence-corrected chi connectivity index (χ3v) is 3.28. The predicted molar refractivity (Wildman–Crippen MR) is 85.5 cm³/mol. The average Bonchev–Trinajstić information content (AvgIpc) is 2.83. The zero-order valence-electron chi connectivity index (χ0n) is 12.5. The summed E-state index contributed by atoms with van der Waals surface area (Å²) < 4.78 is 7.63. The van der Waals surface area contributed by atoms with Gasteiger partial charge in [-0.05, 0) is 56.7 Å². The third kappa shape index (κ3) is 2.70. The van der Waals surface area contributed by atoms with Crippen LogP contribution in [0.1, 0.15) is 19.4 Å². The first kappa shape index (κ1) is 13.5. The van der Waals surface area contributed by atoms with Gasteiger partial charge in [-0.25, -0.2) is 4.98 Å². The van der Waals surface area contributed by atoms with Gasteiger partial charge >= 0.3 is 0 Å². The number of pyridine rings is 1. The van der Waals surface area contributed by atoms with Gasteiger partial charge in [-0.15, -0.1) is 0 Å². The van der Waals surface area contributed by atoms with Crippen LogP contribution in [0.4, 0.5) is 5.69 Å². The average molecular weight is 281 g/mol. The number of anilines is 1. The van der Waals surface area contributed by atoms with Gasteiger partial charge in [-0.1, -0.05) is 0 Å². The lowest BCUT2D eigenvalue weighted by Gasteiger charge is -2.09. The second-order valence-electron chi connectivity index (χ2n) is 5.50. The monoisotopic (exact) mass is 281 g/mol. The highest BCUT2D eigenvalue weighted by atomic mass is 16.5. The largest absolute Gasteiger partial charge is 0.491 e. The molecule has 0 aliphatic heterocycles. The van der Waals surface area contributed by atoms with Crippen molar-refractivity contribution in [1.82, 2.24) is 9.38 Å². The molecule has 4 heteroatoms. The number of imidazole rings is 1. The normalized spacial score (nSPS) is 11.2. The molecule has 0 radical (unpaired) electrons. The molecule has 0 spiro atoms. The number of ether oxygens (including phenoxy) is 1. The summed E-state index contributed by atoms with van der Waals surface area (Å²) in [5.74, 6) is 0.873. The summed E-state index contributed by atoms with van der Waals surface area (Å²) in [5, 5.41) is 0. The molecule has 0 unspecified atom stereocenters. The van der Waals surface area contributed by atoms with Gasteiger partial charge in [-0.2, -0.15) is 0 Å². The van der Waals surface area contributed by atoms with E-state index in [0.717, 1.165) is 33.9 Å². The molecular formula is C17H19N3O. The number of hydrogen-bond donors (Lipinski definition) is 1. The molecule has 3 aromatic rings. The quantitative estimate of drug-likeness (QED) is 0.796. The molecule has 1 aromatic carbocycles. The first-order valence-electron chi connectivity index (χ1n) is 7.05. The van der Waals surface area contributed by atoms with E-state index >= 15 is 0 Å². The first-order valence-corrected chi connectivity index (χ1v) is 7.05. The van der Waals surface area contributed by atoms with Crippen molar-refractivity contribution in [3.63, 3.8) is 0 Å². The van der Waals surface area contributed by atoms with Crippen LogP contribution in [0.3, 0.4) is 0 Å². The van der Waals surface area contributed by atoms with Crippen LogP contribution >= 0.6 is 0 Å². The maximum atomic E-state index is 5.87. The van der Waals surface area contributed by atoms with Crippen molar-refractivity contribution in [2.24, 2.45) is 0 Å². The summed E-state index contributed by atoms with van der Waals surface area (Å²) in [6.07, 6.45) is 4.06. The number of benzene rings is 1. The van der Waals surface area contributed by atoms with E-state index in [0.29, 0.717) is 0 Å². The van der Waals surface area contributed by atoms with Crippen molar-refractivity contribution in [3.05, 3.63) is 48.3 Å². The fraction of sp³-hybridized carbons (Fsp3) is 0.235. The van der Waals surface area contributed by atoms with Crippen molar-refractivity contribution in [1.29, 1.82) is 0 Å². The van der Waals surface area contributed by atoms with Crippen LogP contribution in [0.25, 0.3) is 16.9 Å². The van der Waals surface area contributed by atoms with Gasteiger partial charge in [0.25, 0.3) is 0 Å². The molecule has 0 atom stereocenters. The van der Waals surface area contributed by atoms with E-state index in [4.69, 9.17) is 10.5 Å². The number of aryl methyl sites for hydroxylation is 1. The smallest absolute Gasteiger partial charge is 0.140 e. The van der Waals surface area contributed by atoms with Crippen LogP contribution in [0.5, 0.6) is 5.75 Å². The fourth-order valence-corrected chi connectivity index (χ4v) is 2.41. The Labute approximate surface area is 124 Å². The molecule has 21 heavy (non-hydrogen) atoms. The van der Waals surface area contributed by atoms with E-state index in [2.05, 4.69) is 4.98 Å². The molecule has 0 saturated heterocycles. The second kappa shape index (κ2) is 5.13. The summed E-state index contributed by atoms with van der Waals surface area (Å²) in [6, 6.07) is 9.93. The molecule has 0 saturated carbocycles. The minimum Gasteiger partial charge on any atom is -0.491 e. The maximum Gasteiger partial charge on any atom is 0.140 e. The molecule has 108 valence electrons. The van der Waals surface area contributed by atoms with Gasteiger partial charge < -0.3 is 14.9 Å². The van der Waals surface area contributed by atoms with Crippen LogP contribution < -0.4 is 10.5 Å². The Kier molecular flexibility index (Phi) is 3.29. The molecule has 0 amide bonds. The van der Waals surface area contributed by atoms with E-state index < -0.39 is 0 Å². The van der Waals surface area contributed by atoms with Crippen molar-refractivity contribution < 1.29 is 4.74 Å². The van der Waals surface area contributed by atoms with Crippen molar-refractivity contribution in [3.8, 4) is 17.0 Å². The molecule has 2 N–H and O–H groups in total. The van der Waals surface area contributed by atoms with Gasteiger partial charge in [0.15, 0.2) is 0 Å². The number of rotatable bonds is 3. The van der Waals surface area contributed by atoms with Crippen LogP contribution in [0.2, 0.25) is 0 Å². The fourth-order valence-electron chi connectivity index (χ4n) is 2.41. The van der Waals surface area contributed by atoms with Gasteiger partial charge in [0.05, 0.1) is 11.8 Å². The lowest BCUT2D eigenvalue weighted by Crippen LogP contribution is -2.05. The van der Waals surface area contributed by atoms with Crippen LogP contribution in [0, 0.1) is 6.92 Å². The topological polar surface area (TPSA) is 52.5 Å². The molecule has 4 nitrogen and oxygen atoms in total. The zero-order valence-corrected chi connectivity index (χ0v) is 12.5. The van der Waals surface area contributed by atoms with Crippen LogP contribution in [0.15, 0.2) is 42.7 Å². The Bertz CT molecular complexity index is 773. The lowest BCUT2D eigenvalue weighted by atomic mass is 10.1. The molecule has 2 aromatic heterocycles. The van der Waals surface area contributed by atoms with Gasteiger partial charge in [0, 0.05) is 23.6 Å². The minimum absolute atomic E-state index is 0.177. The molecule has 0 aliphatic rings. The Hall–Kier alpha value is -2.49. The standard InChI is InChI=1S/C17H19N3O/c1-11(2)21-15-6-4-13(5-7-15)16-10-20-9-14(18)8-12(3)17(20)19-16/h4-11H,18H2,1-3H3. The summed E-state index contributed by atoms with van der Waals surface area (Å²) in [5.41, 5.74) is 10.6. The summed E-state index contributed by atoms with van der Waals surface area (Å²) >= 11 is 0. The highest BCUT2D eigenvalue weighted by molar-refractivity contribution is 5.66. The summed E-state index contributed by atoms with van der Waals surface area (Å²) in [4.78, 5) is 4.68. The first-order chi connectivity index (χ1) is 10.0. The van der Waals surface area contributed by atoms with Crippen molar-refractivity contribution >= 4 is 11.3 Å². The number of nitrogens with two attached hydrogens (primary N) is 1. The molecule has 2 heterocycles. The third-order valence-electron chi connectivity index (χ3n) is 3.28. The van der Waals surface area contributed by atoms with Gasteiger partial charge in [0.1, 0.15) is 11.4 Å². The number of hydrogen-bond acceptors (Lipinski definition) is 3. The second-order valence-corrected chi connectivity index (χ2v) is 5.50. The van der Waals surface area contributed by atoms with E-state index in [1.54, 1.807) is 0 Å². The van der Waals surface area contributed by atoms with E-state index in [1.165, 1.54) is 0 Å². The number of nitrogen functional groups attached to an aromatic ring is 1. The molecule has 0 bridgehead atoms. The van der Waals surface area contributed by atoms with E-state index in [-0.39, 0.29) is 6.10 Å². The zero-order chi connectivity index (χ0) is 15.0. The highest BCUT2D eigenvalue weighted by Crippen LogP contribution is 2.24. The SMILES string of the molecule is Cc1cc(N)cn2cc(-c3ccc(OC(C)C)cc3)nc12. The number of nitrogens with zero attached hydrogens (tertiary/aromatic N) is 2. The van der Waals surface area contributed by atoms with Crippen LogP contribution in [-0.4, -0.2) is 15.5 Å².